The highest BCUT2D eigenvalue weighted by Crippen LogP contribution is 2.24. The van der Waals surface area contributed by atoms with E-state index in [4.69, 9.17) is 4.74 Å². The fraction of sp³-hybridized carbons (Fsp3) is 0.353. The predicted molar refractivity (Wildman–Crippen MR) is 87.4 cm³/mol. The van der Waals surface area contributed by atoms with E-state index >= 15 is 0 Å². The minimum atomic E-state index is -0.461. The molecule has 0 fully saturated rings. The lowest BCUT2D eigenvalue weighted by Gasteiger charge is -2.12. The average molecular weight is 443 g/mol. The first kappa shape index (κ1) is 20.1. The first-order valence-corrected chi connectivity index (χ1v) is 7.42. The van der Waals surface area contributed by atoms with Crippen LogP contribution < -0.4 is 38.6 Å². The molecule has 2 rings (SSSR count). The zero-order valence-corrected chi connectivity index (χ0v) is 16.6. The van der Waals surface area contributed by atoms with Crippen LogP contribution in [-0.4, -0.2) is 37.0 Å². The molecule has 1 aromatic heterocycles. The Kier molecular flexibility index (Phi) is 6.94. The largest absolute Gasteiger partial charge is 1.00 e. The van der Waals surface area contributed by atoms with Gasteiger partial charge in [0.05, 0.1) is 5.39 Å². The normalized spacial score (nSPS) is 10.2. The van der Waals surface area contributed by atoms with Crippen molar-refractivity contribution >= 4 is 22.9 Å². The number of hydrogen-bond donors (Lipinski definition) is 1. The van der Waals surface area contributed by atoms with Gasteiger partial charge in [0.15, 0.2) is 6.20 Å². The summed E-state index contributed by atoms with van der Waals surface area (Å²) in [5.74, 6) is 0.266. The summed E-state index contributed by atoms with van der Waals surface area (Å²) in [5.41, 5.74) is 1.39. The fourth-order valence-corrected chi connectivity index (χ4v) is 2.20. The van der Waals surface area contributed by atoms with Gasteiger partial charge in [-0.3, -0.25) is 4.79 Å². The van der Waals surface area contributed by atoms with Crippen LogP contribution in [0.4, 0.5) is 4.79 Å². The van der Waals surface area contributed by atoms with Gasteiger partial charge in [-0.15, -0.1) is 0 Å². The predicted octanol–water partition coefficient (Wildman–Crippen LogP) is -1.13. The van der Waals surface area contributed by atoms with E-state index < -0.39 is 6.09 Å². The van der Waals surface area contributed by atoms with Crippen LogP contribution >= 0.6 is 0 Å². The molecule has 130 valence electrons. The Balaban J connectivity index is 0.00000288. The Morgan fingerprint density at radius 1 is 1.25 bits per heavy atom. The maximum atomic E-state index is 12.3. The number of pyridine rings is 1. The molecule has 0 saturated heterocycles. The number of fused-ring (bicyclic) bond motifs is 1. The van der Waals surface area contributed by atoms with Crippen LogP contribution in [0.5, 0.6) is 5.75 Å². The molecular weight excluding hydrogens is 421 g/mol. The maximum absolute atomic E-state index is 12.3. The highest BCUT2D eigenvalue weighted by molar-refractivity contribution is 5.98. The molecule has 1 N–H and O–H groups in total. The van der Waals surface area contributed by atoms with Crippen LogP contribution in [0.25, 0.3) is 10.9 Å². The number of ether oxygens (including phenoxy) is 1. The molecule has 7 heteroatoms. The first-order chi connectivity index (χ1) is 10.8. The van der Waals surface area contributed by atoms with Gasteiger partial charge in [0, 0.05) is 26.2 Å². The Hall–Kier alpha value is -1.90. The lowest BCUT2D eigenvalue weighted by Crippen LogP contribution is -3.00. The SMILES string of the molecule is CC(C)NC(=O)c1cc2c(OC(=O)N(C)C)cccc2[n+](C)c1.[I-]. The van der Waals surface area contributed by atoms with E-state index in [9.17, 15) is 9.59 Å². The van der Waals surface area contributed by atoms with Crippen molar-refractivity contribution < 1.29 is 42.9 Å². The highest BCUT2D eigenvalue weighted by Gasteiger charge is 2.18. The minimum Gasteiger partial charge on any atom is -1.00 e. The van der Waals surface area contributed by atoms with Gasteiger partial charge in [0.25, 0.3) is 5.91 Å². The monoisotopic (exact) mass is 443 g/mol. The van der Waals surface area contributed by atoms with Crippen molar-refractivity contribution in [3.05, 3.63) is 36.0 Å². The Morgan fingerprint density at radius 3 is 2.50 bits per heavy atom. The van der Waals surface area contributed by atoms with Gasteiger partial charge in [-0.2, -0.15) is 0 Å². The minimum absolute atomic E-state index is 0. The van der Waals surface area contributed by atoms with E-state index in [0.29, 0.717) is 16.7 Å². The molecular formula is C17H22IN3O3. The number of rotatable bonds is 3. The van der Waals surface area contributed by atoms with Crippen LogP contribution in [0, 0.1) is 0 Å². The second-order valence-electron chi connectivity index (χ2n) is 5.92. The molecule has 0 bridgehead atoms. The van der Waals surface area contributed by atoms with Gasteiger partial charge in [-0.25, -0.2) is 9.36 Å². The van der Waals surface area contributed by atoms with Gasteiger partial charge in [0.1, 0.15) is 18.4 Å². The number of hydrogen-bond acceptors (Lipinski definition) is 3. The van der Waals surface area contributed by atoms with Crippen molar-refractivity contribution in [1.29, 1.82) is 0 Å². The van der Waals surface area contributed by atoms with Crippen molar-refractivity contribution in [2.45, 2.75) is 19.9 Å². The molecule has 0 atom stereocenters. The van der Waals surface area contributed by atoms with Crippen LogP contribution in [0.1, 0.15) is 24.2 Å². The molecule has 1 heterocycles. The quantitative estimate of drug-likeness (QED) is 0.483. The number of halogens is 1. The Morgan fingerprint density at radius 2 is 1.92 bits per heavy atom. The molecule has 0 aliphatic carbocycles. The third kappa shape index (κ3) is 4.56. The number of aromatic nitrogens is 1. The summed E-state index contributed by atoms with van der Waals surface area (Å²) in [6, 6.07) is 7.23. The number of carbonyl (C=O) groups is 2. The van der Waals surface area contributed by atoms with Crippen LogP contribution in [0.2, 0.25) is 0 Å². The first-order valence-electron chi connectivity index (χ1n) is 7.42. The number of nitrogens with zero attached hydrogens (tertiary/aromatic N) is 2. The lowest BCUT2D eigenvalue weighted by molar-refractivity contribution is -0.645. The number of carbonyl (C=O) groups excluding carboxylic acids is 2. The van der Waals surface area contributed by atoms with Crippen LogP contribution in [0.15, 0.2) is 30.5 Å². The van der Waals surface area contributed by atoms with Gasteiger partial charge in [0.2, 0.25) is 5.52 Å². The molecule has 2 amide bonds. The molecule has 2 aromatic rings. The van der Waals surface area contributed by atoms with Crippen molar-refractivity contribution in [1.82, 2.24) is 10.2 Å². The summed E-state index contributed by atoms with van der Waals surface area (Å²) in [6.07, 6.45) is 1.30. The summed E-state index contributed by atoms with van der Waals surface area (Å²) < 4.78 is 7.25. The van der Waals surface area contributed by atoms with Crippen LogP contribution in [-0.2, 0) is 7.05 Å². The standard InChI is InChI=1S/C17H21N3O3.HI/c1-11(2)18-16(21)12-9-13-14(20(5)10-12)7-6-8-15(13)23-17(22)19(3)4;/h6-11H,1-5H3;1H. The summed E-state index contributed by atoms with van der Waals surface area (Å²) >= 11 is 0. The molecule has 1 aromatic carbocycles. The van der Waals surface area contributed by atoms with Gasteiger partial charge >= 0.3 is 6.09 Å². The second kappa shape index (κ2) is 8.27. The average Bonchev–Trinajstić information content (AvgIpc) is 2.47. The number of benzene rings is 1. The maximum Gasteiger partial charge on any atom is 0.414 e. The third-order valence-corrected chi connectivity index (χ3v) is 3.30. The van der Waals surface area contributed by atoms with Crippen molar-refractivity contribution in [2.24, 2.45) is 7.05 Å². The van der Waals surface area contributed by atoms with Gasteiger partial charge in [-0.1, -0.05) is 6.07 Å². The van der Waals surface area contributed by atoms with Gasteiger partial charge < -0.3 is 38.9 Å². The summed E-state index contributed by atoms with van der Waals surface area (Å²) in [7, 11) is 5.09. The number of amides is 2. The summed E-state index contributed by atoms with van der Waals surface area (Å²) in [6.45, 7) is 3.81. The fourth-order valence-electron chi connectivity index (χ4n) is 2.20. The molecule has 0 unspecified atom stereocenters. The Bertz CT molecular complexity index is 760. The highest BCUT2D eigenvalue weighted by atomic mass is 127. The number of nitrogens with one attached hydrogen (secondary N) is 1. The second-order valence-corrected chi connectivity index (χ2v) is 5.92. The third-order valence-electron chi connectivity index (χ3n) is 3.30. The molecule has 6 nitrogen and oxygen atoms in total. The van der Waals surface area contributed by atoms with Crippen LogP contribution in [0.3, 0.4) is 0 Å². The van der Waals surface area contributed by atoms with Crippen molar-refractivity contribution in [2.75, 3.05) is 14.1 Å². The zero-order valence-electron chi connectivity index (χ0n) is 14.5. The van der Waals surface area contributed by atoms with E-state index in [0.717, 1.165) is 5.52 Å². The Labute approximate surface area is 158 Å². The van der Waals surface area contributed by atoms with Crippen molar-refractivity contribution in [3.8, 4) is 5.75 Å². The topological polar surface area (TPSA) is 62.5 Å². The van der Waals surface area contributed by atoms with E-state index in [-0.39, 0.29) is 35.9 Å². The summed E-state index contributed by atoms with van der Waals surface area (Å²) in [4.78, 5) is 25.4. The van der Waals surface area contributed by atoms with E-state index in [1.165, 1.54) is 4.90 Å². The number of aryl methyl sites for hydroxylation is 1. The molecule has 0 saturated carbocycles. The van der Waals surface area contributed by atoms with E-state index in [2.05, 4.69) is 5.32 Å². The molecule has 0 radical (unpaired) electrons. The van der Waals surface area contributed by atoms with E-state index in [1.54, 1.807) is 32.4 Å². The molecule has 0 spiro atoms. The smallest absolute Gasteiger partial charge is 0.414 e. The molecule has 24 heavy (non-hydrogen) atoms. The molecule has 0 aliphatic heterocycles. The van der Waals surface area contributed by atoms with E-state index in [1.807, 2.05) is 37.6 Å². The zero-order chi connectivity index (χ0) is 17.1. The van der Waals surface area contributed by atoms with Crippen molar-refractivity contribution in [3.63, 3.8) is 0 Å². The summed E-state index contributed by atoms with van der Waals surface area (Å²) in [5, 5.41) is 3.57. The van der Waals surface area contributed by atoms with Gasteiger partial charge in [-0.05, 0) is 26.0 Å². The molecule has 0 aliphatic rings. The lowest BCUT2D eigenvalue weighted by atomic mass is 10.1.